The minimum absolute atomic E-state index is 0.724. The zero-order valence-electron chi connectivity index (χ0n) is 12.1. The highest BCUT2D eigenvalue weighted by Crippen LogP contribution is 2.18. The van der Waals surface area contributed by atoms with Gasteiger partial charge in [0.05, 0.1) is 0 Å². The lowest BCUT2D eigenvalue weighted by Gasteiger charge is -2.16. The molecule has 0 aliphatic heterocycles. The molecule has 106 valence electrons. The van der Waals surface area contributed by atoms with Crippen LogP contribution in [0.5, 0.6) is 0 Å². The Morgan fingerprint density at radius 2 is 1.55 bits per heavy atom. The Morgan fingerprint density at radius 3 is 2.20 bits per heavy atom. The second-order valence-electron chi connectivity index (χ2n) is 5.83. The Labute approximate surface area is 121 Å². The Bertz CT molecular complexity index is 491. The van der Waals surface area contributed by atoms with Crippen LogP contribution in [0, 0.1) is 0 Å². The molecule has 1 N–H and O–H groups in total. The Hall–Kier alpha value is -1.54. The van der Waals surface area contributed by atoms with E-state index in [0.717, 1.165) is 12.6 Å². The van der Waals surface area contributed by atoms with Crippen LogP contribution in [0.1, 0.15) is 44.1 Å². The molecule has 1 aromatic heterocycles. The first-order valence-corrected chi connectivity index (χ1v) is 7.87. The highest BCUT2D eigenvalue weighted by Gasteiger charge is 2.11. The maximum atomic E-state index is 3.73. The molecule has 2 aromatic rings. The van der Waals surface area contributed by atoms with Gasteiger partial charge in [0.25, 0.3) is 0 Å². The number of nitrogens with zero attached hydrogens (tertiary/aromatic N) is 1. The summed E-state index contributed by atoms with van der Waals surface area (Å²) in [5.74, 6) is 0. The van der Waals surface area contributed by atoms with Crippen LogP contribution in [0.25, 0.3) is 5.69 Å². The fourth-order valence-corrected chi connectivity index (χ4v) is 3.04. The average molecular weight is 268 g/mol. The normalized spacial score (nSPS) is 17.0. The molecular weight excluding hydrogens is 244 g/mol. The SMILES string of the molecule is c1ccn(-c2ccc(CNC3CCCCCC3)cc2)c1. The summed E-state index contributed by atoms with van der Waals surface area (Å²) in [6.45, 7) is 0.997. The summed E-state index contributed by atoms with van der Waals surface area (Å²) < 4.78 is 2.14. The van der Waals surface area contributed by atoms with E-state index in [0.29, 0.717) is 0 Å². The summed E-state index contributed by atoms with van der Waals surface area (Å²) in [6, 6.07) is 13.7. The van der Waals surface area contributed by atoms with Gasteiger partial charge in [0.15, 0.2) is 0 Å². The van der Waals surface area contributed by atoms with Crippen molar-refractivity contribution in [1.82, 2.24) is 9.88 Å². The third-order valence-corrected chi connectivity index (χ3v) is 4.29. The number of hydrogen-bond acceptors (Lipinski definition) is 1. The molecule has 0 amide bonds. The first-order valence-electron chi connectivity index (χ1n) is 7.87. The maximum Gasteiger partial charge on any atom is 0.0449 e. The topological polar surface area (TPSA) is 17.0 Å². The summed E-state index contributed by atoms with van der Waals surface area (Å²) in [7, 11) is 0. The van der Waals surface area contributed by atoms with Gasteiger partial charge in [-0.3, -0.25) is 0 Å². The van der Waals surface area contributed by atoms with Crippen molar-refractivity contribution >= 4 is 0 Å². The number of aromatic nitrogens is 1. The summed E-state index contributed by atoms with van der Waals surface area (Å²) in [5, 5.41) is 3.73. The molecule has 0 radical (unpaired) electrons. The minimum Gasteiger partial charge on any atom is -0.324 e. The lowest BCUT2D eigenvalue weighted by molar-refractivity contribution is 0.459. The monoisotopic (exact) mass is 268 g/mol. The highest BCUT2D eigenvalue weighted by atomic mass is 14.9. The van der Waals surface area contributed by atoms with Gasteiger partial charge in [0.2, 0.25) is 0 Å². The molecular formula is C18H24N2. The van der Waals surface area contributed by atoms with Gasteiger partial charge in [0.1, 0.15) is 0 Å². The zero-order valence-corrected chi connectivity index (χ0v) is 12.1. The van der Waals surface area contributed by atoms with E-state index in [1.807, 2.05) is 0 Å². The van der Waals surface area contributed by atoms with E-state index in [1.165, 1.54) is 49.8 Å². The summed E-state index contributed by atoms with van der Waals surface area (Å²) in [4.78, 5) is 0. The van der Waals surface area contributed by atoms with Crippen molar-refractivity contribution in [2.24, 2.45) is 0 Å². The van der Waals surface area contributed by atoms with Crippen molar-refractivity contribution < 1.29 is 0 Å². The molecule has 1 heterocycles. The van der Waals surface area contributed by atoms with Crippen LogP contribution in [0.3, 0.4) is 0 Å². The quantitative estimate of drug-likeness (QED) is 0.819. The van der Waals surface area contributed by atoms with Crippen molar-refractivity contribution in [3.63, 3.8) is 0 Å². The van der Waals surface area contributed by atoms with Gasteiger partial charge >= 0.3 is 0 Å². The molecule has 0 saturated heterocycles. The lowest BCUT2D eigenvalue weighted by Crippen LogP contribution is -2.27. The second-order valence-corrected chi connectivity index (χ2v) is 5.83. The Kier molecular flexibility index (Phi) is 4.54. The molecule has 0 spiro atoms. The minimum atomic E-state index is 0.724. The van der Waals surface area contributed by atoms with Crippen molar-refractivity contribution in [3.05, 3.63) is 54.4 Å². The Balaban J connectivity index is 1.55. The van der Waals surface area contributed by atoms with Crippen molar-refractivity contribution in [2.45, 2.75) is 51.1 Å². The first kappa shape index (κ1) is 13.4. The fraction of sp³-hybridized carbons (Fsp3) is 0.444. The fourth-order valence-electron chi connectivity index (χ4n) is 3.04. The van der Waals surface area contributed by atoms with Gasteiger partial charge in [-0.2, -0.15) is 0 Å². The van der Waals surface area contributed by atoms with Gasteiger partial charge in [-0.25, -0.2) is 0 Å². The highest BCUT2D eigenvalue weighted by molar-refractivity contribution is 5.35. The van der Waals surface area contributed by atoms with Crippen LogP contribution in [0.4, 0.5) is 0 Å². The molecule has 1 aliphatic carbocycles. The third-order valence-electron chi connectivity index (χ3n) is 4.29. The number of benzene rings is 1. The predicted molar refractivity (Wildman–Crippen MR) is 84.1 cm³/mol. The molecule has 0 unspecified atom stereocenters. The molecule has 20 heavy (non-hydrogen) atoms. The van der Waals surface area contributed by atoms with E-state index in [-0.39, 0.29) is 0 Å². The molecule has 1 aliphatic rings. The van der Waals surface area contributed by atoms with E-state index in [4.69, 9.17) is 0 Å². The predicted octanol–water partition coefficient (Wildman–Crippen LogP) is 4.29. The van der Waals surface area contributed by atoms with Crippen LogP contribution in [-0.2, 0) is 6.54 Å². The number of hydrogen-bond donors (Lipinski definition) is 1. The summed E-state index contributed by atoms with van der Waals surface area (Å²) in [5.41, 5.74) is 2.61. The van der Waals surface area contributed by atoms with Crippen LogP contribution in [0.2, 0.25) is 0 Å². The van der Waals surface area contributed by atoms with Crippen molar-refractivity contribution in [2.75, 3.05) is 0 Å². The van der Waals surface area contributed by atoms with Crippen molar-refractivity contribution in [3.8, 4) is 5.69 Å². The van der Waals surface area contributed by atoms with Gasteiger partial charge in [-0.15, -0.1) is 0 Å². The molecule has 1 fully saturated rings. The van der Waals surface area contributed by atoms with E-state index in [1.54, 1.807) is 0 Å². The van der Waals surface area contributed by atoms with Crippen LogP contribution in [-0.4, -0.2) is 10.6 Å². The molecule has 0 bridgehead atoms. The third kappa shape index (κ3) is 3.51. The van der Waals surface area contributed by atoms with Gasteiger partial charge in [-0.1, -0.05) is 37.8 Å². The van der Waals surface area contributed by atoms with E-state index in [9.17, 15) is 0 Å². The Morgan fingerprint density at radius 1 is 0.900 bits per heavy atom. The maximum absolute atomic E-state index is 3.73. The van der Waals surface area contributed by atoms with E-state index < -0.39 is 0 Å². The number of rotatable bonds is 4. The lowest BCUT2D eigenvalue weighted by atomic mass is 10.1. The average Bonchev–Trinajstić information content (AvgIpc) is 2.90. The van der Waals surface area contributed by atoms with Crippen molar-refractivity contribution in [1.29, 1.82) is 0 Å². The van der Waals surface area contributed by atoms with Gasteiger partial charge in [0, 0.05) is 30.7 Å². The van der Waals surface area contributed by atoms with Crippen LogP contribution < -0.4 is 5.32 Å². The van der Waals surface area contributed by atoms with Gasteiger partial charge < -0.3 is 9.88 Å². The molecule has 1 aromatic carbocycles. The van der Waals surface area contributed by atoms with Gasteiger partial charge in [-0.05, 0) is 42.7 Å². The van der Waals surface area contributed by atoms with E-state index >= 15 is 0 Å². The zero-order chi connectivity index (χ0) is 13.6. The molecule has 2 heteroatoms. The van der Waals surface area contributed by atoms with E-state index in [2.05, 4.69) is 58.7 Å². The number of nitrogens with one attached hydrogen (secondary N) is 1. The standard InChI is InChI=1S/C18H24N2/c1-2-4-8-17(7-3-1)19-15-16-9-11-18(12-10-16)20-13-5-6-14-20/h5-6,9-14,17,19H,1-4,7-8,15H2. The molecule has 1 saturated carbocycles. The van der Waals surface area contributed by atoms with Crippen LogP contribution >= 0.6 is 0 Å². The van der Waals surface area contributed by atoms with Crippen LogP contribution in [0.15, 0.2) is 48.8 Å². The summed E-state index contributed by atoms with van der Waals surface area (Å²) >= 11 is 0. The molecule has 0 atom stereocenters. The first-order chi connectivity index (χ1) is 9.92. The second kappa shape index (κ2) is 6.76. The molecule has 3 rings (SSSR count). The smallest absolute Gasteiger partial charge is 0.0449 e. The summed E-state index contributed by atoms with van der Waals surface area (Å²) in [6.07, 6.45) is 12.5. The largest absolute Gasteiger partial charge is 0.324 e. The molecule has 2 nitrogen and oxygen atoms in total.